The van der Waals surface area contributed by atoms with E-state index in [0.717, 1.165) is 12.1 Å². The molecule has 31 heavy (non-hydrogen) atoms. The highest BCUT2D eigenvalue weighted by Gasteiger charge is 2.30. The van der Waals surface area contributed by atoms with E-state index >= 15 is 0 Å². The number of non-ortho nitro benzene ring substituents is 3. The standard InChI is InChI=1S/C7H4N2O6.C6H3N3O7/c10-7(11)4-1-5(8(12)13)3-6(2-4)9(14)15;10-6-4(8(13)14)1-3(7(11)12)2-5(6)9(15)16/h1-3H,(H,10,11);1-2,10H. The smallest absolute Gasteiger partial charge is 0.336 e. The Hall–Kier alpha value is -5.29. The van der Waals surface area contributed by atoms with Crippen molar-refractivity contribution >= 4 is 34.4 Å². The average molecular weight is 441 g/mol. The number of carboxylic acids is 1. The first kappa shape index (κ1) is 23.7. The molecule has 0 aromatic heterocycles. The van der Waals surface area contributed by atoms with Crippen molar-refractivity contribution in [3.05, 3.63) is 86.5 Å². The van der Waals surface area contributed by atoms with Crippen molar-refractivity contribution in [3.8, 4) is 5.75 Å². The Morgan fingerprint density at radius 3 is 1.19 bits per heavy atom. The van der Waals surface area contributed by atoms with E-state index in [0.29, 0.717) is 18.2 Å². The summed E-state index contributed by atoms with van der Waals surface area (Å²) >= 11 is 0. The SMILES string of the molecule is O=C(O)c1cc([N+](=O)[O-])cc([N+](=O)[O-])c1.O=[N+]([O-])c1cc([N+](=O)[O-])c(O)c([N+](=O)[O-])c1. The van der Waals surface area contributed by atoms with Crippen LogP contribution in [0.2, 0.25) is 0 Å². The molecule has 0 atom stereocenters. The molecule has 0 saturated heterocycles. The Labute approximate surface area is 167 Å². The highest BCUT2D eigenvalue weighted by Crippen LogP contribution is 2.38. The molecule has 0 fully saturated rings. The number of phenolic OH excluding ortho intramolecular Hbond substituents is 1. The van der Waals surface area contributed by atoms with Crippen molar-refractivity contribution in [1.82, 2.24) is 0 Å². The second-order valence-electron chi connectivity index (χ2n) is 5.16. The third kappa shape index (κ3) is 5.84. The molecular weight excluding hydrogens is 434 g/mol. The van der Waals surface area contributed by atoms with Crippen LogP contribution in [0.15, 0.2) is 30.3 Å². The van der Waals surface area contributed by atoms with Crippen LogP contribution < -0.4 is 0 Å². The number of benzene rings is 2. The first-order chi connectivity index (χ1) is 14.3. The topological polar surface area (TPSA) is 273 Å². The van der Waals surface area contributed by atoms with E-state index in [2.05, 4.69) is 0 Å². The molecule has 0 aliphatic rings. The molecule has 0 unspecified atom stereocenters. The van der Waals surface area contributed by atoms with Gasteiger partial charge >= 0.3 is 17.3 Å². The molecule has 0 radical (unpaired) electrons. The van der Waals surface area contributed by atoms with Crippen LogP contribution in [-0.2, 0) is 0 Å². The predicted octanol–water partition coefficient (Wildman–Crippen LogP) is 2.32. The molecule has 2 aromatic carbocycles. The van der Waals surface area contributed by atoms with Crippen molar-refractivity contribution in [2.24, 2.45) is 0 Å². The van der Waals surface area contributed by atoms with Crippen LogP contribution in [0.25, 0.3) is 0 Å². The number of nitro groups is 5. The molecule has 0 heterocycles. The van der Waals surface area contributed by atoms with Gasteiger partial charge in [0.25, 0.3) is 22.8 Å². The second kappa shape index (κ2) is 9.27. The van der Waals surface area contributed by atoms with E-state index in [1.807, 2.05) is 0 Å². The van der Waals surface area contributed by atoms with Gasteiger partial charge in [-0.1, -0.05) is 0 Å². The molecule has 2 N–H and O–H groups in total. The molecule has 18 heteroatoms. The lowest BCUT2D eigenvalue weighted by molar-refractivity contribution is -0.404. The first-order valence-corrected chi connectivity index (χ1v) is 7.23. The number of hydrogen-bond donors (Lipinski definition) is 2. The number of aromatic carboxylic acids is 1. The summed E-state index contributed by atoms with van der Waals surface area (Å²) < 4.78 is 0. The van der Waals surface area contributed by atoms with Crippen molar-refractivity contribution in [2.75, 3.05) is 0 Å². The second-order valence-corrected chi connectivity index (χ2v) is 5.16. The zero-order chi connectivity index (χ0) is 24.0. The molecule has 0 spiro atoms. The fourth-order valence-electron chi connectivity index (χ4n) is 1.90. The van der Waals surface area contributed by atoms with E-state index in [1.165, 1.54) is 0 Å². The van der Waals surface area contributed by atoms with Gasteiger partial charge in [0.1, 0.15) is 0 Å². The third-order valence-electron chi connectivity index (χ3n) is 3.23. The minimum absolute atomic E-state index is 0.447. The van der Waals surface area contributed by atoms with Crippen LogP contribution >= 0.6 is 0 Å². The molecule has 0 aliphatic heterocycles. The summed E-state index contributed by atoms with van der Waals surface area (Å²) in [5.41, 5.74) is -4.74. The van der Waals surface area contributed by atoms with Crippen molar-refractivity contribution in [1.29, 1.82) is 0 Å². The molecule has 0 amide bonds. The highest BCUT2D eigenvalue weighted by atomic mass is 16.6. The molecule has 2 rings (SSSR count). The van der Waals surface area contributed by atoms with Crippen LogP contribution in [0.4, 0.5) is 28.4 Å². The van der Waals surface area contributed by atoms with E-state index < -0.39 is 70.3 Å². The Kier molecular flexibility index (Phi) is 7.10. The Morgan fingerprint density at radius 1 is 0.613 bits per heavy atom. The molecule has 18 nitrogen and oxygen atoms in total. The zero-order valence-corrected chi connectivity index (χ0v) is 14.5. The Morgan fingerprint density at radius 2 is 0.935 bits per heavy atom. The van der Waals surface area contributed by atoms with Gasteiger partial charge in [0.2, 0.25) is 0 Å². The highest BCUT2D eigenvalue weighted by molar-refractivity contribution is 5.89. The maximum absolute atomic E-state index is 10.5. The number of rotatable bonds is 6. The zero-order valence-electron chi connectivity index (χ0n) is 14.5. The van der Waals surface area contributed by atoms with E-state index in [1.54, 1.807) is 0 Å². The number of carboxylic acid groups (broad SMARTS) is 1. The van der Waals surface area contributed by atoms with Gasteiger partial charge < -0.3 is 10.2 Å². The van der Waals surface area contributed by atoms with Gasteiger partial charge in [0, 0.05) is 12.1 Å². The monoisotopic (exact) mass is 441 g/mol. The molecule has 0 bridgehead atoms. The van der Waals surface area contributed by atoms with Gasteiger partial charge in [0.15, 0.2) is 0 Å². The van der Waals surface area contributed by atoms with Crippen LogP contribution in [0.5, 0.6) is 5.75 Å². The van der Waals surface area contributed by atoms with E-state index in [9.17, 15) is 55.4 Å². The summed E-state index contributed by atoms with van der Waals surface area (Å²) in [5, 5.41) is 69.4. The fraction of sp³-hybridized carbons (Fsp3) is 0. The van der Waals surface area contributed by atoms with Gasteiger partial charge in [-0.25, -0.2) is 4.79 Å². The molecule has 2 aromatic rings. The molecule has 0 saturated carbocycles. The minimum Gasteiger partial charge on any atom is -0.497 e. The van der Waals surface area contributed by atoms with E-state index in [-0.39, 0.29) is 0 Å². The van der Waals surface area contributed by atoms with Crippen molar-refractivity contribution < 1.29 is 39.6 Å². The fourth-order valence-corrected chi connectivity index (χ4v) is 1.90. The van der Waals surface area contributed by atoms with Crippen LogP contribution in [-0.4, -0.2) is 40.8 Å². The summed E-state index contributed by atoms with van der Waals surface area (Å²) in [7, 11) is 0. The number of nitrogens with zero attached hydrogens (tertiary/aromatic N) is 5. The first-order valence-electron chi connectivity index (χ1n) is 7.23. The largest absolute Gasteiger partial charge is 0.497 e. The Bertz CT molecular complexity index is 1010. The number of aromatic hydroxyl groups is 1. The average Bonchev–Trinajstić information content (AvgIpc) is 2.67. The lowest BCUT2D eigenvalue weighted by Gasteiger charge is -1.97. The van der Waals surface area contributed by atoms with Gasteiger partial charge in [-0.05, 0) is 0 Å². The number of phenols is 1. The summed E-state index contributed by atoms with van der Waals surface area (Å²) in [5.74, 6) is -2.66. The summed E-state index contributed by atoms with van der Waals surface area (Å²) in [6.45, 7) is 0. The van der Waals surface area contributed by atoms with E-state index in [4.69, 9.17) is 10.2 Å². The number of hydrogen-bond acceptors (Lipinski definition) is 12. The molecule has 162 valence electrons. The van der Waals surface area contributed by atoms with Crippen LogP contribution in [0, 0.1) is 50.6 Å². The van der Waals surface area contributed by atoms with Crippen molar-refractivity contribution in [3.63, 3.8) is 0 Å². The normalized spacial score (nSPS) is 9.68. The van der Waals surface area contributed by atoms with Crippen LogP contribution in [0.1, 0.15) is 10.4 Å². The summed E-state index contributed by atoms with van der Waals surface area (Å²) in [4.78, 5) is 57.2. The summed E-state index contributed by atoms with van der Waals surface area (Å²) in [6, 6.07) is 3.11. The van der Waals surface area contributed by atoms with Crippen LogP contribution in [0.3, 0.4) is 0 Å². The van der Waals surface area contributed by atoms with Gasteiger partial charge in [-0.2, -0.15) is 0 Å². The number of nitro benzene ring substituents is 5. The summed E-state index contributed by atoms with van der Waals surface area (Å²) in [6.07, 6.45) is 0. The molecular formula is C13H7N5O13. The van der Waals surface area contributed by atoms with Gasteiger partial charge in [-0.3, -0.25) is 50.6 Å². The minimum atomic E-state index is -1.46. The maximum Gasteiger partial charge on any atom is 0.336 e. The quantitative estimate of drug-likeness (QED) is 0.481. The number of carbonyl (C=O) groups is 1. The van der Waals surface area contributed by atoms with Gasteiger partial charge in [-0.15, -0.1) is 0 Å². The lowest BCUT2D eigenvalue weighted by atomic mass is 10.2. The lowest BCUT2D eigenvalue weighted by Crippen LogP contribution is -2.00. The van der Waals surface area contributed by atoms with Crippen molar-refractivity contribution in [2.45, 2.75) is 0 Å². The Balaban J connectivity index is 0.000000311. The molecule has 0 aliphatic carbocycles. The van der Waals surface area contributed by atoms with Gasteiger partial charge in [0.05, 0.1) is 48.4 Å². The predicted molar refractivity (Wildman–Crippen MR) is 94.8 cm³/mol. The maximum atomic E-state index is 10.5. The third-order valence-corrected chi connectivity index (χ3v) is 3.23.